The quantitative estimate of drug-likeness (QED) is 0.898. The van der Waals surface area contributed by atoms with Gasteiger partial charge in [-0.3, -0.25) is 0 Å². The van der Waals surface area contributed by atoms with E-state index in [-0.39, 0.29) is 0 Å². The molecule has 0 aliphatic carbocycles. The van der Waals surface area contributed by atoms with Gasteiger partial charge in [0.15, 0.2) is 0 Å². The largest absolute Gasteiger partial charge is 0.372 e. The summed E-state index contributed by atoms with van der Waals surface area (Å²) >= 11 is 3.69. The maximum Gasteiger partial charge on any atom is 0.145 e. The Hall–Kier alpha value is -0.810. The summed E-state index contributed by atoms with van der Waals surface area (Å²) in [5.74, 6) is 3.22. The zero-order valence-electron chi connectivity index (χ0n) is 9.77. The van der Waals surface area contributed by atoms with Crippen molar-refractivity contribution in [1.82, 2.24) is 9.97 Å². The maximum atomic E-state index is 4.71. The molecule has 3 nitrogen and oxygen atoms in total. The standard InChI is InChI=1S/C12H15N3S2/c1-13-10-8-5-7-17-12(8)15-11(14-10)9-4-2-3-6-16-9/h5,7,9H,2-4,6H2,1H3,(H,13,14,15). The highest BCUT2D eigenvalue weighted by Gasteiger charge is 2.20. The highest BCUT2D eigenvalue weighted by atomic mass is 32.2. The van der Waals surface area contributed by atoms with Gasteiger partial charge in [0.2, 0.25) is 0 Å². The fourth-order valence-electron chi connectivity index (χ4n) is 2.15. The van der Waals surface area contributed by atoms with Gasteiger partial charge in [-0.25, -0.2) is 9.97 Å². The molecule has 90 valence electrons. The van der Waals surface area contributed by atoms with E-state index in [2.05, 4.69) is 21.7 Å². The van der Waals surface area contributed by atoms with E-state index in [1.807, 2.05) is 18.8 Å². The number of anilines is 1. The van der Waals surface area contributed by atoms with Crippen molar-refractivity contribution in [3.63, 3.8) is 0 Å². The van der Waals surface area contributed by atoms with Crippen LogP contribution in [-0.2, 0) is 0 Å². The second-order valence-electron chi connectivity index (χ2n) is 4.18. The lowest BCUT2D eigenvalue weighted by Gasteiger charge is -2.20. The van der Waals surface area contributed by atoms with Crippen LogP contribution in [0.3, 0.4) is 0 Å². The molecule has 3 heterocycles. The molecule has 2 aromatic heterocycles. The fourth-order valence-corrected chi connectivity index (χ4v) is 4.16. The minimum absolute atomic E-state index is 0.488. The van der Waals surface area contributed by atoms with Crippen LogP contribution in [-0.4, -0.2) is 22.8 Å². The van der Waals surface area contributed by atoms with Gasteiger partial charge < -0.3 is 5.32 Å². The first-order valence-corrected chi connectivity index (χ1v) is 7.86. The molecule has 1 atom stereocenters. The molecule has 0 aromatic carbocycles. The summed E-state index contributed by atoms with van der Waals surface area (Å²) in [6.45, 7) is 0. The van der Waals surface area contributed by atoms with Gasteiger partial charge in [-0.15, -0.1) is 11.3 Å². The molecule has 0 amide bonds. The van der Waals surface area contributed by atoms with Crippen molar-refractivity contribution in [2.75, 3.05) is 18.1 Å². The summed E-state index contributed by atoms with van der Waals surface area (Å²) in [7, 11) is 1.93. The molecule has 1 aliphatic rings. The zero-order chi connectivity index (χ0) is 11.7. The number of hydrogen-bond acceptors (Lipinski definition) is 5. The third kappa shape index (κ3) is 2.13. The Morgan fingerprint density at radius 2 is 2.29 bits per heavy atom. The second kappa shape index (κ2) is 4.82. The van der Waals surface area contributed by atoms with Gasteiger partial charge in [0, 0.05) is 7.05 Å². The van der Waals surface area contributed by atoms with Crippen molar-refractivity contribution in [3.8, 4) is 0 Å². The van der Waals surface area contributed by atoms with E-state index in [0.717, 1.165) is 21.9 Å². The first-order chi connectivity index (χ1) is 8.38. The molecular formula is C12H15N3S2. The zero-order valence-corrected chi connectivity index (χ0v) is 11.4. The Bertz CT molecular complexity index is 517. The molecular weight excluding hydrogens is 250 g/mol. The highest BCUT2D eigenvalue weighted by molar-refractivity contribution is 7.99. The van der Waals surface area contributed by atoms with Crippen LogP contribution in [0.1, 0.15) is 30.3 Å². The van der Waals surface area contributed by atoms with Gasteiger partial charge in [0.25, 0.3) is 0 Å². The molecule has 1 saturated heterocycles. The fraction of sp³-hybridized carbons (Fsp3) is 0.500. The predicted molar refractivity (Wildman–Crippen MR) is 76.0 cm³/mol. The van der Waals surface area contributed by atoms with Crippen molar-refractivity contribution in [3.05, 3.63) is 17.3 Å². The molecule has 0 saturated carbocycles. The smallest absolute Gasteiger partial charge is 0.145 e. The normalized spacial score (nSPS) is 20.6. The van der Waals surface area contributed by atoms with Crippen LogP contribution < -0.4 is 5.32 Å². The van der Waals surface area contributed by atoms with Gasteiger partial charge in [-0.1, -0.05) is 6.42 Å². The number of thiophene rings is 1. The first-order valence-electron chi connectivity index (χ1n) is 5.93. The summed E-state index contributed by atoms with van der Waals surface area (Å²) in [5, 5.41) is 6.89. The van der Waals surface area contributed by atoms with Crippen molar-refractivity contribution in [2.45, 2.75) is 24.5 Å². The SMILES string of the molecule is CNc1nc(C2CCCCS2)nc2sccc12. The van der Waals surface area contributed by atoms with Gasteiger partial charge in [-0.05, 0) is 30.0 Å². The van der Waals surface area contributed by atoms with Crippen LogP contribution in [0.25, 0.3) is 10.2 Å². The molecule has 17 heavy (non-hydrogen) atoms. The van der Waals surface area contributed by atoms with E-state index in [4.69, 9.17) is 4.98 Å². The number of hydrogen-bond donors (Lipinski definition) is 1. The molecule has 1 unspecified atom stereocenters. The maximum absolute atomic E-state index is 4.71. The average molecular weight is 265 g/mol. The lowest BCUT2D eigenvalue weighted by molar-refractivity contribution is 0.665. The van der Waals surface area contributed by atoms with E-state index < -0.39 is 0 Å². The van der Waals surface area contributed by atoms with Crippen LogP contribution in [0.15, 0.2) is 11.4 Å². The van der Waals surface area contributed by atoms with E-state index in [1.54, 1.807) is 11.3 Å². The van der Waals surface area contributed by atoms with Crippen molar-refractivity contribution in [2.24, 2.45) is 0 Å². The number of nitrogens with zero attached hydrogens (tertiary/aromatic N) is 2. The summed E-state index contributed by atoms with van der Waals surface area (Å²) in [6, 6.07) is 2.09. The minimum Gasteiger partial charge on any atom is -0.372 e. The Morgan fingerprint density at radius 1 is 1.35 bits per heavy atom. The van der Waals surface area contributed by atoms with Gasteiger partial charge in [0.05, 0.1) is 10.6 Å². The summed E-state index contributed by atoms with van der Waals surface area (Å²) in [6.07, 6.45) is 3.85. The summed E-state index contributed by atoms with van der Waals surface area (Å²) < 4.78 is 0. The molecule has 1 fully saturated rings. The van der Waals surface area contributed by atoms with Crippen LogP contribution >= 0.6 is 23.1 Å². The number of rotatable bonds is 2. The Kier molecular flexibility index (Phi) is 3.20. The second-order valence-corrected chi connectivity index (χ2v) is 6.38. The number of aromatic nitrogens is 2. The van der Waals surface area contributed by atoms with Crippen LogP contribution in [0.5, 0.6) is 0 Å². The third-order valence-electron chi connectivity index (χ3n) is 3.05. The molecule has 2 aromatic rings. The third-order valence-corrected chi connectivity index (χ3v) is 5.23. The topological polar surface area (TPSA) is 37.8 Å². The minimum atomic E-state index is 0.488. The lowest BCUT2D eigenvalue weighted by Crippen LogP contribution is -2.08. The van der Waals surface area contributed by atoms with Crippen molar-refractivity contribution in [1.29, 1.82) is 0 Å². The molecule has 0 spiro atoms. The molecule has 1 aliphatic heterocycles. The van der Waals surface area contributed by atoms with Crippen LogP contribution in [0.4, 0.5) is 5.82 Å². The Balaban J connectivity index is 2.03. The molecule has 1 N–H and O–H groups in total. The van der Waals surface area contributed by atoms with E-state index in [0.29, 0.717) is 5.25 Å². The van der Waals surface area contributed by atoms with E-state index in [9.17, 15) is 0 Å². The summed E-state index contributed by atoms with van der Waals surface area (Å²) in [4.78, 5) is 10.5. The molecule has 5 heteroatoms. The highest BCUT2D eigenvalue weighted by Crippen LogP contribution is 2.38. The van der Waals surface area contributed by atoms with Gasteiger partial charge in [0.1, 0.15) is 16.5 Å². The molecule has 0 radical (unpaired) electrons. The monoisotopic (exact) mass is 265 g/mol. The van der Waals surface area contributed by atoms with Gasteiger partial charge in [-0.2, -0.15) is 11.8 Å². The van der Waals surface area contributed by atoms with E-state index >= 15 is 0 Å². The summed E-state index contributed by atoms with van der Waals surface area (Å²) in [5.41, 5.74) is 0. The average Bonchev–Trinajstić information content (AvgIpc) is 2.86. The molecule has 0 bridgehead atoms. The Morgan fingerprint density at radius 3 is 3.06 bits per heavy atom. The van der Waals surface area contributed by atoms with Crippen LogP contribution in [0, 0.1) is 0 Å². The molecule has 3 rings (SSSR count). The van der Waals surface area contributed by atoms with Gasteiger partial charge >= 0.3 is 0 Å². The predicted octanol–water partition coefficient (Wildman–Crippen LogP) is 3.69. The van der Waals surface area contributed by atoms with Crippen molar-refractivity contribution < 1.29 is 0 Å². The van der Waals surface area contributed by atoms with Crippen LogP contribution in [0.2, 0.25) is 0 Å². The van der Waals surface area contributed by atoms with Crippen molar-refractivity contribution >= 4 is 39.1 Å². The number of thioether (sulfide) groups is 1. The Labute approximate surface area is 109 Å². The first kappa shape index (κ1) is 11.3. The number of nitrogens with one attached hydrogen (secondary N) is 1. The number of fused-ring (bicyclic) bond motifs is 1. The van der Waals surface area contributed by atoms with E-state index in [1.165, 1.54) is 25.0 Å². The lowest BCUT2D eigenvalue weighted by atomic mass is 10.2.